The fourth-order valence-electron chi connectivity index (χ4n) is 4.09. The Morgan fingerprint density at radius 3 is 2.42 bits per heavy atom. The van der Waals surface area contributed by atoms with Crippen LogP contribution in [0.25, 0.3) is 0 Å². The number of halogens is 1. The van der Waals surface area contributed by atoms with Crippen molar-refractivity contribution in [2.45, 2.75) is 44.1 Å². The largest absolute Gasteiger partial charge is 0.302 e. The number of nitriles is 1. The van der Waals surface area contributed by atoms with Crippen molar-refractivity contribution < 1.29 is 0 Å². The lowest BCUT2D eigenvalue weighted by atomic mass is 9.61. The van der Waals surface area contributed by atoms with Crippen LogP contribution in [-0.4, -0.2) is 18.5 Å². The summed E-state index contributed by atoms with van der Waals surface area (Å²) in [6.07, 6.45) is 5.37. The molecule has 1 unspecified atom stereocenters. The second kappa shape index (κ2) is 8.71. The third-order valence-electron chi connectivity index (χ3n) is 5.76. The maximum Gasteiger partial charge on any atom is 0.0865 e. The van der Waals surface area contributed by atoms with Gasteiger partial charge in [0.05, 0.1) is 11.5 Å². The predicted molar refractivity (Wildman–Crippen MR) is 108 cm³/mol. The summed E-state index contributed by atoms with van der Waals surface area (Å²) in [5.41, 5.74) is 1.91. The predicted octanol–water partition coefficient (Wildman–Crippen LogP) is 5.81. The highest BCUT2D eigenvalue weighted by Gasteiger charge is 2.44. The van der Waals surface area contributed by atoms with E-state index in [0.29, 0.717) is 5.92 Å². The molecule has 3 heteroatoms. The molecule has 0 bridgehead atoms. The van der Waals surface area contributed by atoms with E-state index in [9.17, 15) is 5.26 Å². The summed E-state index contributed by atoms with van der Waals surface area (Å²) >= 11 is 6.50. The van der Waals surface area contributed by atoms with Gasteiger partial charge in [0.15, 0.2) is 0 Å². The molecule has 136 valence electrons. The second-order valence-corrected chi connectivity index (χ2v) is 7.92. The molecule has 1 fully saturated rings. The average molecular weight is 367 g/mol. The van der Waals surface area contributed by atoms with Gasteiger partial charge in [0.25, 0.3) is 0 Å². The Balaban J connectivity index is 1.67. The molecule has 3 rings (SSSR count). The van der Waals surface area contributed by atoms with Crippen molar-refractivity contribution in [3.05, 3.63) is 70.7 Å². The number of hydrogen-bond donors (Lipinski definition) is 0. The first-order valence-electron chi connectivity index (χ1n) is 9.54. The normalized spacial score (nSPS) is 16.7. The summed E-state index contributed by atoms with van der Waals surface area (Å²) in [5, 5.41) is 10.9. The van der Waals surface area contributed by atoms with E-state index in [0.717, 1.165) is 49.4 Å². The van der Waals surface area contributed by atoms with Crippen molar-refractivity contribution in [3.63, 3.8) is 0 Å². The first-order chi connectivity index (χ1) is 12.7. The standard InChI is InChI=1S/C23H27ClN2/c1-26(17-19-9-3-2-4-10-19)16-8-15-23(18-25,20-11-7-12-20)21-13-5-6-14-22(21)24/h2-6,9-10,13-14,20H,7-8,11-12,15-17H2,1H3. The fraction of sp³-hybridized carbons (Fsp3) is 0.435. The molecular weight excluding hydrogens is 340 g/mol. The number of benzene rings is 2. The number of hydrogen-bond acceptors (Lipinski definition) is 2. The lowest BCUT2D eigenvalue weighted by Gasteiger charge is -2.41. The molecule has 0 aromatic heterocycles. The van der Waals surface area contributed by atoms with Crippen molar-refractivity contribution >= 4 is 11.6 Å². The maximum atomic E-state index is 10.2. The zero-order valence-electron chi connectivity index (χ0n) is 15.5. The summed E-state index contributed by atoms with van der Waals surface area (Å²) in [5.74, 6) is 0.437. The van der Waals surface area contributed by atoms with Crippen LogP contribution in [0.5, 0.6) is 0 Å². The Labute approximate surface area is 162 Å². The molecule has 26 heavy (non-hydrogen) atoms. The molecule has 0 radical (unpaired) electrons. The molecule has 0 amide bonds. The van der Waals surface area contributed by atoms with Gasteiger partial charge in [0.2, 0.25) is 0 Å². The third-order valence-corrected chi connectivity index (χ3v) is 6.09. The van der Waals surface area contributed by atoms with Gasteiger partial charge in [-0.2, -0.15) is 5.26 Å². The van der Waals surface area contributed by atoms with Crippen LogP contribution in [0, 0.1) is 17.2 Å². The topological polar surface area (TPSA) is 27.0 Å². The Morgan fingerprint density at radius 1 is 1.12 bits per heavy atom. The third kappa shape index (κ3) is 4.11. The number of rotatable bonds is 8. The summed E-state index contributed by atoms with van der Waals surface area (Å²) < 4.78 is 0. The van der Waals surface area contributed by atoms with Crippen molar-refractivity contribution in [2.75, 3.05) is 13.6 Å². The van der Waals surface area contributed by atoms with Crippen LogP contribution >= 0.6 is 11.6 Å². The van der Waals surface area contributed by atoms with Crippen molar-refractivity contribution in [3.8, 4) is 6.07 Å². The molecular formula is C23H27ClN2. The minimum atomic E-state index is -0.440. The quantitative estimate of drug-likeness (QED) is 0.589. The molecule has 0 N–H and O–H groups in total. The fourth-order valence-corrected chi connectivity index (χ4v) is 4.40. The van der Waals surface area contributed by atoms with Crippen LogP contribution in [-0.2, 0) is 12.0 Å². The second-order valence-electron chi connectivity index (χ2n) is 7.52. The lowest BCUT2D eigenvalue weighted by molar-refractivity contribution is 0.188. The van der Waals surface area contributed by atoms with E-state index in [2.05, 4.69) is 48.3 Å². The first kappa shape index (κ1) is 19.0. The van der Waals surface area contributed by atoms with Gasteiger partial charge < -0.3 is 4.90 Å². The summed E-state index contributed by atoms with van der Waals surface area (Å²) in [6.45, 7) is 1.92. The minimum Gasteiger partial charge on any atom is -0.302 e. The van der Waals surface area contributed by atoms with E-state index < -0.39 is 5.41 Å². The van der Waals surface area contributed by atoms with Gasteiger partial charge in [-0.05, 0) is 62.4 Å². The van der Waals surface area contributed by atoms with Gasteiger partial charge in [0, 0.05) is 11.6 Å². The molecule has 1 saturated carbocycles. The lowest BCUT2D eigenvalue weighted by Crippen LogP contribution is -2.39. The van der Waals surface area contributed by atoms with Gasteiger partial charge >= 0.3 is 0 Å². The van der Waals surface area contributed by atoms with E-state index in [1.165, 1.54) is 12.0 Å². The summed E-state index contributed by atoms with van der Waals surface area (Å²) in [4.78, 5) is 2.34. The summed E-state index contributed by atoms with van der Waals surface area (Å²) in [7, 11) is 2.15. The zero-order chi connectivity index (χ0) is 18.4. The molecule has 1 aliphatic rings. The van der Waals surface area contributed by atoms with E-state index in [1.807, 2.05) is 24.3 Å². The maximum absolute atomic E-state index is 10.2. The summed E-state index contributed by atoms with van der Waals surface area (Å²) in [6, 6.07) is 21.2. The molecule has 2 aromatic carbocycles. The Bertz CT molecular complexity index is 748. The monoisotopic (exact) mass is 366 g/mol. The molecule has 1 atom stereocenters. The van der Waals surface area contributed by atoms with Crippen LogP contribution < -0.4 is 0 Å². The highest BCUT2D eigenvalue weighted by Crippen LogP contribution is 2.48. The average Bonchev–Trinajstić information content (AvgIpc) is 2.60. The smallest absolute Gasteiger partial charge is 0.0865 e. The molecule has 0 spiro atoms. The van der Waals surface area contributed by atoms with E-state index in [1.54, 1.807) is 0 Å². The molecule has 1 aliphatic carbocycles. The van der Waals surface area contributed by atoms with Crippen LogP contribution in [0.4, 0.5) is 0 Å². The van der Waals surface area contributed by atoms with Crippen LogP contribution in [0.3, 0.4) is 0 Å². The molecule has 2 nitrogen and oxygen atoms in total. The van der Waals surface area contributed by atoms with Gasteiger partial charge in [-0.25, -0.2) is 0 Å². The highest BCUT2D eigenvalue weighted by atomic mass is 35.5. The van der Waals surface area contributed by atoms with Crippen LogP contribution in [0.1, 0.15) is 43.2 Å². The van der Waals surface area contributed by atoms with Gasteiger partial charge in [-0.3, -0.25) is 0 Å². The van der Waals surface area contributed by atoms with Crippen LogP contribution in [0.15, 0.2) is 54.6 Å². The molecule has 0 heterocycles. The van der Waals surface area contributed by atoms with Gasteiger partial charge in [-0.15, -0.1) is 0 Å². The van der Waals surface area contributed by atoms with E-state index in [-0.39, 0.29) is 0 Å². The van der Waals surface area contributed by atoms with Crippen molar-refractivity contribution in [1.82, 2.24) is 4.90 Å². The van der Waals surface area contributed by atoms with Crippen LogP contribution in [0.2, 0.25) is 5.02 Å². The molecule has 0 aliphatic heterocycles. The first-order valence-corrected chi connectivity index (χ1v) is 9.92. The van der Waals surface area contributed by atoms with Gasteiger partial charge in [0.1, 0.15) is 0 Å². The molecule has 0 saturated heterocycles. The van der Waals surface area contributed by atoms with E-state index in [4.69, 9.17) is 11.6 Å². The van der Waals surface area contributed by atoms with E-state index >= 15 is 0 Å². The highest BCUT2D eigenvalue weighted by molar-refractivity contribution is 6.31. The Hall–Kier alpha value is -1.82. The van der Waals surface area contributed by atoms with Crippen molar-refractivity contribution in [2.24, 2.45) is 5.92 Å². The van der Waals surface area contributed by atoms with Gasteiger partial charge in [-0.1, -0.05) is 66.6 Å². The Kier molecular flexibility index (Phi) is 6.35. The number of nitrogens with zero attached hydrogens (tertiary/aromatic N) is 2. The Morgan fingerprint density at radius 2 is 1.81 bits per heavy atom. The minimum absolute atomic E-state index is 0.437. The SMILES string of the molecule is CN(CCCC(C#N)(c1ccccc1Cl)C1CCC1)Cc1ccccc1. The zero-order valence-corrected chi connectivity index (χ0v) is 16.3. The van der Waals surface area contributed by atoms with Crippen molar-refractivity contribution in [1.29, 1.82) is 5.26 Å². The molecule has 2 aromatic rings.